The number of rotatable bonds is 6. The molecule has 7 nitrogen and oxygen atoms in total. The molecule has 3 rings (SSSR count). The third kappa shape index (κ3) is 4.08. The maximum atomic E-state index is 12.6. The molecule has 27 heavy (non-hydrogen) atoms. The van der Waals surface area contributed by atoms with Crippen molar-refractivity contribution >= 4 is 5.97 Å². The van der Waals surface area contributed by atoms with Crippen molar-refractivity contribution in [2.75, 3.05) is 0 Å². The number of aliphatic carboxylic acids is 1. The minimum Gasteiger partial charge on any atom is -0.479 e. The standard InChI is InChI=1S/C20H21N3O4/c1-13-4-7-17(8-5-13)22-12-21-23(20(22)26)11-16-6-9-18(14(2)10-16)27-15(3)19(24)25/h4-10,12,15H,11H2,1-3H3,(H,24,25). The minimum absolute atomic E-state index is 0.226. The average Bonchev–Trinajstić information content (AvgIpc) is 2.98. The Balaban J connectivity index is 1.80. The van der Waals surface area contributed by atoms with Crippen LogP contribution in [0.2, 0.25) is 0 Å². The van der Waals surface area contributed by atoms with Gasteiger partial charge in [-0.05, 0) is 50.1 Å². The summed E-state index contributed by atoms with van der Waals surface area (Å²) < 4.78 is 8.30. The van der Waals surface area contributed by atoms with Gasteiger partial charge >= 0.3 is 11.7 Å². The molecule has 0 fully saturated rings. The fourth-order valence-electron chi connectivity index (χ4n) is 2.68. The van der Waals surface area contributed by atoms with E-state index in [1.165, 1.54) is 22.5 Å². The zero-order valence-electron chi connectivity index (χ0n) is 15.4. The van der Waals surface area contributed by atoms with E-state index in [0.717, 1.165) is 22.4 Å². The molecular weight excluding hydrogens is 346 g/mol. The molecule has 0 aliphatic carbocycles. The lowest BCUT2D eigenvalue weighted by Crippen LogP contribution is -2.24. The van der Waals surface area contributed by atoms with Gasteiger partial charge in [0.15, 0.2) is 6.10 Å². The molecule has 1 unspecified atom stereocenters. The molecule has 1 heterocycles. The lowest BCUT2D eigenvalue weighted by Gasteiger charge is -2.13. The second-order valence-corrected chi connectivity index (χ2v) is 6.47. The molecule has 1 N–H and O–H groups in total. The van der Waals surface area contributed by atoms with Gasteiger partial charge < -0.3 is 9.84 Å². The van der Waals surface area contributed by atoms with Crippen molar-refractivity contribution < 1.29 is 14.6 Å². The average molecular weight is 367 g/mol. The first-order valence-electron chi connectivity index (χ1n) is 8.55. The maximum absolute atomic E-state index is 12.6. The highest BCUT2D eigenvalue weighted by Crippen LogP contribution is 2.21. The van der Waals surface area contributed by atoms with E-state index in [0.29, 0.717) is 12.3 Å². The SMILES string of the molecule is Cc1ccc(-n2cnn(Cc3ccc(OC(C)C(=O)O)c(C)c3)c2=O)cc1. The van der Waals surface area contributed by atoms with Gasteiger partial charge in [-0.1, -0.05) is 29.8 Å². The number of benzene rings is 2. The van der Waals surface area contributed by atoms with E-state index in [1.807, 2.05) is 44.2 Å². The molecule has 0 amide bonds. The van der Waals surface area contributed by atoms with E-state index in [4.69, 9.17) is 9.84 Å². The fourth-order valence-corrected chi connectivity index (χ4v) is 2.68. The normalized spacial score (nSPS) is 12.0. The molecule has 0 saturated heterocycles. The van der Waals surface area contributed by atoms with Crippen LogP contribution in [0.1, 0.15) is 23.6 Å². The van der Waals surface area contributed by atoms with Crippen molar-refractivity contribution in [1.29, 1.82) is 0 Å². The number of hydrogen-bond acceptors (Lipinski definition) is 4. The van der Waals surface area contributed by atoms with Crippen LogP contribution in [0, 0.1) is 13.8 Å². The van der Waals surface area contributed by atoms with E-state index < -0.39 is 12.1 Å². The minimum atomic E-state index is -1.02. The van der Waals surface area contributed by atoms with E-state index in [-0.39, 0.29) is 5.69 Å². The van der Waals surface area contributed by atoms with Gasteiger partial charge in [0, 0.05) is 0 Å². The van der Waals surface area contributed by atoms with Crippen LogP contribution in [0.15, 0.2) is 53.6 Å². The van der Waals surface area contributed by atoms with Crippen LogP contribution in [0.3, 0.4) is 0 Å². The van der Waals surface area contributed by atoms with Gasteiger partial charge in [-0.3, -0.25) is 0 Å². The van der Waals surface area contributed by atoms with E-state index in [2.05, 4.69) is 5.10 Å². The Bertz CT molecular complexity index is 1020. The number of aryl methyl sites for hydroxylation is 2. The van der Waals surface area contributed by atoms with Crippen LogP contribution in [-0.4, -0.2) is 31.5 Å². The number of aromatic nitrogens is 3. The van der Waals surface area contributed by atoms with E-state index in [9.17, 15) is 9.59 Å². The number of carboxylic acid groups (broad SMARTS) is 1. The van der Waals surface area contributed by atoms with Gasteiger partial charge in [-0.25, -0.2) is 18.8 Å². The van der Waals surface area contributed by atoms with E-state index in [1.54, 1.807) is 12.1 Å². The first-order chi connectivity index (χ1) is 12.8. The summed E-state index contributed by atoms with van der Waals surface area (Å²) in [5.41, 5.74) is 3.33. The zero-order chi connectivity index (χ0) is 19.6. The molecule has 0 aliphatic heterocycles. The number of nitrogens with zero attached hydrogens (tertiary/aromatic N) is 3. The molecule has 0 aliphatic rings. The molecule has 140 valence electrons. The van der Waals surface area contributed by atoms with Crippen molar-refractivity contribution in [2.24, 2.45) is 0 Å². The highest BCUT2D eigenvalue weighted by molar-refractivity contribution is 5.72. The Hall–Kier alpha value is -3.35. The summed E-state index contributed by atoms with van der Waals surface area (Å²) in [6.07, 6.45) is 0.577. The molecule has 0 saturated carbocycles. The summed E-state index contributed by atoms with van der Waals surface area (Å²) in [6.45, 7) is 5.62. The van der Waals surface area contributed by atoms with Crippen molar-refractivity contribution in [3.8, 4) is 11.4 Å². The van der Waals surface area contributed by atoms with Crippen molar-refractivity contribution in [1.82, 2.24) is 14.3 Å². The van der Waals surface area contributed by atoms with Crippen LogP contribution < -0.4 is 10.4 Å². The summed E-state index contributed by atoms with van der Waals surface area (Å²) in [5, 5.41) is 13.1. The van der Waals surface area contributed by atoms with Crippen molar-refractivity contribution in [3.63, 3.8) is 0 Å². The predicted octanol–water partition coefficient (Wildman–Crippen LogP) is 2.55. The van der Waals surface area contributed by atoms with Crippen LogP contribution in [-0.2, 0) is 11.3 Å². The summed E-state index contributed by atoms with van der Waals surface area (Å²) in [4.78, 5) is 23.5. The molecule has 7 heteroatoms. The van der Waals surface area contributed by atoms with Gasteiger partial charge in [0.25, 0.3) is 0 Å². The Kier molecular flexibility index (Phi) is 5.12. The molecule has 0 spiro atoms. The molecule has 1 aromatic heterocycles. The Morgan fingerprint density at radius 3 is 2.52 bits per heavy atom. The first kappa shape index (κ1) is 18.4. The zero-order valence-corrected chi connectivity index (χ0v) is 15.4. The second kappa shape index (κ2) is 7.49. The van der Waals surface area contributed by atoms with Crippen molar-refractivity contribution in [2.45, 2.75) is 33.4 Å². The quantitative estimate of drug-likeness (QED) is 0.724. The van der Waals surface area contributed by atoms with Gasteiger partial charge in [0.2, 0.25) is 0 Å². The highest BCUT2D eigenvalue weighted by Gasteiger charge is 2.14. The smallest absolute Gasteiger partial charge is 0.350 e. The number of carboxylic acids is 1. The third-order valence-corrected chi connectivity index (χ3v) is 4.27. The Morgan fingerprint density at radius 2 is 1.89 bits per heavy atom. The maximum Gasteiger partial charge on any atom is 0.350 e. The van der Waals surface area contributed by atoms with Gasteiger partial charge in [-0.2, -0.15) is 5.10 Å². The summed E-state index contributed by atoms with van der Waals surface area (Å²) in [6, 6.07) is 13.0. The monoisotopic (exact) mass is 367 g/mol. The third-order valence-electron chi connectivity index (χ3n) is 4.27. The predicted molar refractivity (Wildman–Crippen MR) is 101 cm³/mol. The van der Waals surface area contributed by atoms with Gasteiger partial charge in [0.1, 0.15) is 12.1 Å². The molecule has 0 bridgehead atoms. The van der Waals surface area contributed by atoms with Gasteiger partial charge in [-0.15, -0.1) is 0 Å². The molecule has 0 radical (unpaired) electrons. The number of hydrogen-bond donors (Lipinski definition) is 1. The Morgan fingerprint density at radius 1 is 1.19 bits per heavy atom. The lowest BCUT2D eigenvalue weighted by atomic mass is 10.1. The van der Waals surface area contributed by atoms with Crippen LogP contribution in [0.5, 0.6) is 5.75 Å². The lowest BCUT2D eigenvalue weighted by molar-refractivity contribution is -0.144. The summed E-state index contributed by atoms with van der Waals surface area (Å²) >= 11 is 0. The summed E-state index contributed by atoms with van der Waals surface area (Å²) in [5.74, 6) is -0.516. The fraction of sp³-hybridized carbons (Fsp3) is 0.250. The second-order valence-electron chi connectivity index (χ2n) is 6.47. The topological polar surface area (TPSA) is 86.3 Å². The molecule has 2 aromatic carbocycles. The largest absolute Gasteiger partial charge is 0.479 e. The summed E-state index contributed by atoms with van der Waals surface area (Å²) in [7, 11) is 0. The molecule has 3 aromatic rings. The Labute approximate surface area is 156 Å². The molecule has 1 atom stereocenters. The van der Waals surface area contributed by atoms with Crippen LogP contribution in [0.4, 0.5) is 0 Å². The number of carbonyl (C=O) groups is 1. The molecular formula is C20H21N3O4. The van der Waals surface area contributed by atoms with Crippen LogP contribution in [0.25, 0.3) is 5.69 Å². The highest BCUT2D eigenvalue weighted by atomic mass is 16.5. The van der Waals surface area contributed by atoms with Gasteiger partial charge in [0.05, 0.1) is 12.2 Å². The van der Waals surface area contributed by atoms with Crippen molar-refractivity contribution in [3.05, 3.63) is 76.0 Å². The van der Waals surface area contributed by atoms with E-state index >= 15 is 0 Å². The van der Waals surface area contributed by atoms with Crippen LogP contribution >= 0.6 is 0 Å². The number of ether oxygens (including phenoxy) is 1. The first-order valence-corrected chi connectivity index (χ1v) is 8.55.